The van der Waals surface area contributed by atoms with E-state index < -0.39 is 34.6 Å². The van der Waals surface area contributed by atoms with E-state index in [1.807, 2.05) is 12.1 Å². The van der Waals surface area contributed by atoms with Crippen LogP contribution in [-0.2, 0) is 0 Å². The van der Waals surface area contributed by atoms with Crippen molar-refractivity contribution in [3.63, 3.8) is 0 Å². The molecule has 1 saturated carbocycles. The fourth-order valence-corrected chi connectivity index (χ4v) is 4.16. The Bertz CT molecular complexity index is 900. The first-order chi connectivity index (χ1) is 14.4. The second-order valence-corrected chi connectivity index (χ2v) is 8.03. The number of hydrogen-bond acceptors (Lipinski definition) is 0. The van der Waals surface area contributed by atoms with E-state index in [1.54, 1.807) is 12.1 Å². The molecule has 0 nitrogen and oxygen atoms in total. The first-order valence-corrected chi connectivity index (χ1v) is 10.6. The predicted molar refractivity (Wildman–Crippen MR) is 107 cm³/mol. The van der Waals surface area contributed by atoms with Crippen LogP contribution in [0.3, 0.4) is 0 Å². The molecule has 3 rings (SSSR count). The third-order valence-electron chi connectivity index (χ3n) is 5.99. The van der Waals surface area contributed by atoms with Crippen molar-refractivity contribution in [1.29, 1.82) is 0 Å². The van der Waals surface area contributed by atoms with Crippen molar-refractivity contribution in [2.24, 2.45) is 5.92 Å². The van der Waals surface area contributed by atoms with Crippen LogP contribution in [0.5, 0.6) is 0 Å². The maximum atomic E-state index is 13.7. The minimum atomic E-state index is -2.18. The molecule has 0 bridgehead atoms. The van der Waals surface area contributed by atoms with Gasteiger partial charge in [-0.15, -0.1) is 0 Å². The minimum Gasteiger partial charge on any atom is -0.202 e. The molecule has 1 aliphatic carbocycles. The molecule has 0 radical (unpaired) electrons. The molecule has 0 N–H and O–H groups in total. The molecule has 2 aromatic rings. The van der Waals surface area contributed by atoms with Gasteiger partial charge in [-0.2, -0.15) is 0 Å². The lowest BCUT2D eigenvalue weighted by Gasteiger charge is -2.29. The Hall–Kier alpha value is -2.35. The molecule has 0 heterocycles. The summed E-state index contributed by atoms with van der Waals surface area (Å²) in [6.45, 7) is 2.22. The molecule has 30 heavy (non-hydrogen) atoms. The molecule has 1 fully saturated rings. The predicted octanol–water partition coefficient (Wildman–Crippen LogP) is 7.64. The highest BCUT2D eigenvalue weighted by Crippen LogP contribution is 2.37. The Labute approximate surface area is 174 Å². The van der Waals surface area contributed by atoms with Gasteiger partial charge in [0.25, 0.3) is 0 Å². The number of benzene rings is 2. The molecule has 2 aromatic carbocycles. The molecular formula is C25H25F5. The summed E-state index contributed by atoms with van der Waals surface area (Å²) in [5.74, 6) is -4.08. The van der Waals surface area contributed by atoms with E-state index in [1.165, 1.54) is 44.1 Å². The van der Waals surface area contributed by atoms with E-state index in [9.17, 15) is 22.0 Å². The largest absolute Gasteiger partial charge is 0.202 e. The molecule has 0 amide bonds. The van der Waals surface area contributed by atoms with Crippen LogP contribution < -0.4 is 0 Å². The second-order valence-electron chi connectivity index (χ2n) is 8.03. The number of unbranched alkanes of at least 4 members (excludes halogenated alkanes) is 2. The zero-order chi connectivity index (χ0) is 21.7. The van der Waals surface area contributed by atoms with Gasteiger partial charge in [-0.3, -0.25) is 0 Å². The van der Waals surface area contributed by atoms with Crippen LogP contribution in [0.25, 0.3) is 0 Å². The third kappa shape index (κ3) is 5.03. The van der Waals surface area contributed by atoms with Gasteiger partial charge in [0.1, 0.15) is 5.56 Å². The lowest BCUT2D eigenvalue weighted by atomic mass is 9.77. The summed E-state index contributed by atoms with van der Waals surface area (Å²) in [7, 11) is 0. The van der Waals surface area contributed by atoms with Gasteiger partial charge < -0.3 is 0 Å². The van der Waals surface area contributed by atoms with E-state index in [0.29, 0.717) is 11.5 Å². The molecule has 0 atom stereocenters. The Balaban J connectivity index is 1.66. The van der Waals surface area contributed by atoms with E-state index in [-0.39, 0.29) is 0 Å². The maximum Gasteiger partial charge on any atom is 0.200 e. The Morgan fingerprint density at radius 1 is 0.733 bits per heavy atom. The SMILES string of the molecule is CCCCCC1CCC(c2ccc(C#Cc3c(F)c(F)c(F)c(F)c3F)cc2)CC1. The summed E-state index contributed by atoms with van der Waals surface area (Å²) >= 11 is 0. The molecular weight excluding hydrogens is 395 g/mol. The van der Waals surface area contributed by atoms with Crippen LogP contribution in [0.15, 0.2) is 24.3 Å². The molecule has 0 aromatic heterocycles. The Kier molecular flexibility index (Phi) is 7.53. The zero-order valence-corrected chi connectivity index (χ0v) is 17.0. The quantitative estimate of drug-likeness (QED) is 0.153. The maximum absolute atomic E-state index is 13.7. The average molecular weight is 420 g/mol. The van der Waals surface area contributed by atoms with Gasteiger partial charge in [0.05, 0.1) is 0 Å². The molecule has 0 aliphatic heterocycles. The van der Waals surface area contributed by atoms with Gasteiger partial charge in [-0.1, -0.05) is 56.6 Å². The van der Waals surface area contributed by atoms with Crippen molar-refractivity contribution in [3.05, 3.63) is 70.0 Å². The van der Waals surface area contributed by atoms with Gasteiger partial charge in [-0.25, -0.2) is 22.0 Å². The molecule has 0 unspecified atom stereocenters. The van der Waals surface area contributed by atoms with Crippen LogP contribution in [-0.4, -0.2) is 0 Å². The van der Waals surface area contributed by atoms with Crippen molar-refractivity contribution in [3.8, 4) is 11.8 Å². The lowest BCUT2D eigenvalue weighted by Crippen LogP contribution is -2.13. The highest BCUT2D eigenvalue weighted by Gasteiger charge is 2.25. The zero-order valence-electron chi connectivity index (χ0n) is 17.0. The van der Waals surface area contributed by atoms with E-state index in [2.05, 4.69) is 18.8 Å². The Morgan fingerprint density at radius 2 is 1.30 bits per heavy atom. The summed E-state index contributed by atoms with van der Waals surface area (Å²) in [5.41, 5.74) is 0.539. The highest BCUT2D eigenvalue weighted by molar-refractivity contribution is 5.45. The van der Waals surface area contributed by atoms with E-state index >= 15 is 0 Å². The normalized spacial score (nSPS) is 18.7. The van der Waals surface area contributed by atoms with Crippen molar-refractivity contribution >= 4 is 0 Å². The van der Waals surface area contributed by atoms with Crippen LogP contribution >= 0.6 is 0 Å². The number of rotatable bonds is 5. The van der Waals surface area contributed by atoms with Crippen LogP contribution in [0.1, 0.15) is 80.9 Å². The number of halogens is 5. The van der Waals surface area contributed by atoms with Crippen molar-refractivity contribution in [1.82, 2.24) is 0 Å². The standard InChI is InChI=1S/C25H25F5/c1-2-3-4-5-16-6-11-18(12-7-16)19-13-8-17(9-14-19)10-15-20-21(26)23(28)25(30)24(29)22(20)27/h8-9,13-14,16,18H,2-7,11-12H2,1H3. The number of hydrogen-bond donors (Lipinski definition) is 0. The van der Waals surface area contributed by atoms with Gasteiger partial charge in [0.2, 0.25) is 5.82 Å². The molecule has 5 heteroatoms. The minimum absolute atomic E-state index is 0.455. The summed E-state index contributed by atoms with van der Waals surface area (Å²) in [6, 6.07) is 7.32. The van der Waals surface area contributed by atoms with Gasteiger partial charge in [0.15, 0.2) is 23.3 Å². The van der Waals surface area contributed by atoms with Crippen molar-refractivity contribution in [2.45, 2.75) is 64.2 Å². The van der Waals surface area contributed by atoms with E-state index in [0.717, 1.165) is 18.8 Å². The monoisotopic (exact) mass is 420 g/mol. The molecule has 0 spiro atoms. The fraction of sp³-hybridized carbons (Fsp3) is 0.440. The van der Waals surface area contributed by atoms with Gasteiger partial charge in [0, 0.05) is 5.56 Å². The summed E-state index contributed by atoms with van der Waals surface area (Å²) in [5, 5.41) is 0. The van der Waals surface area contributed by atoms with E-state index in [4.69, 9.17) is 0 Å². The third-order valence-corrected chi connectivity index (χ3v) is 5.99. The Morgan fingerprint density at radius 3 is 1.87 bits per heavy atom. The fourth-order valence-electron chi connectivity index (χ4n) is 4.16. The van der Waals surface area contributed by atoms with Crippen LogP contribution in [0.4, 0.5) is 22.0 Å². The van der Waals surface area contributed by atoms with Gasteiger partial charge in [-0.05, 0) is 55.2 Å². The van der Waals surface area contributed by atoms with Crippen LogP contribution in [0, 0.1) is 46.8 Å². The van der Waals surface area contributed by atoms with Gasteiger partial charge >= 0.3 is 0 Å². The summed E-state index contributed by atoms with van der Waals surface area (Å²) in [4.78, 5) is 0. The smallest absolute Gasteiger partial charge is 0.200 e. The molecule has 160 valence electrons. The lowest BCUT2D eigenvalue weighted by molar-refractivity contribution is 0.303. The van der Waals surface area contributed by atoms with Crippen molar-refractivity contribution < 1.29 is 22.0 Å². The summed E-state index contributed by atoms with van der Waals surface area (Å²) in [6.07, 6.45) is 9.92. The van der Waals surface area contributed by atoms with Crippen molar-refractivity contribution in [2.75, 3.05) is 0 Å². The summed E-state index contributed by atoms with van der Waals surface area (Å²) < 4.78 is 67.1. The molecule has 0 saturated heterocycles. The average Bonchev–Trinajstić information content (AvgIpc) is 2.77. The topological polar surface area (TPSA) is 0 Å². The second kappa shape index (κ2) is 10.1. The van der Waals surface area contributed by atoms with Crippen LogP contribution in [0.2, 0.25) is 0 Å². The molecule has 1 aliphatic rings. The first kappa shape index (κ1) is 22.3. The first-order valence-electron chi connectivity index (χ1n) is 10.6. The highest BCUT2D eigenvalue weighted by atomic mass is 19.2.